The summed E-state index contributed by atoms with van der Waals surface area (Å²) in [5, 5.41) is 2.78. The standard InChI is InChI=1S/C29H35N3O5S/c1-4-27(29(34)30-5-2)31(20-23-12-8-6-9-13-23)28(33)21-32(38(3,35)36)25-16-18-26(19-17-25)37-22-24-14-10-7-11-15-24/h6-19,27H,4-5,20-22H2,1-3H3,(H,30,34). The Labute approximate surface area is 225 Å². The predicted octanol–water partition coefficient (Wildman–Crippen LogP) is 3.98. The molecule has 0 aliphatic rings. The molecule has 2 amide bonds. The van der Waals surface area contributed by atoms with Crippen LogP contribution in [0.15, 0.2) is 84.9 Å². The summed E-state index contributed by atoms with van der Waals surface area (Å²) < 4.78 is 32.4. The van der Waals surface area contributed by atoms with E-state index in [0.717, 1.165) is 21.7 Å². The number of carbonyl (C=O) groups is 2. The van der Waals surface area contributed by atoms with Gasteiger partial charge in [-0.1, -0.05) is 67.6 Å². The van der Waals surface area contributed by atoms with E-state index in [-0.39, 0.29) is 12.5 Å². The summed E-state index contributed by atoms with van der Waals surface area (Å²) in [7, 11) is -3.81. The lowest BCUT2D eigenvalue weighted by Gasteiger charge is -2.32. The van der Waals surface area contributed by atoms with E-state index in [0.29, 0.717) is 31.0 Å². The normalized spacial score (nSPS) is 11.9. The van der Waals surface area contributed by atoms with Crippen molar-refractivity contribution in [2.75, 3.05) is 23.7 Å². The fourth-order valence-electron chi connectivity index (χ4n) is 4.05. The van der Waals surface area contributed by atoms with E-state index in [9.17, 15) is 18.0 Å². The molecule has 0 saturated heterocycles. The molecule has 3 rings (SSSR count). The van der Waals surface area contributed by atoms with Crippen molar-refractivity contribution < 1.29 is 22.7 Å². The van der Waals surface area contributed by atoms with Gasteiger partial charge in [-0.2, -0.15) is 0 Å². The molecule has 0 radical (unpaired) electrons. The molecule has 9 heteroatoms. The SMILES string of the molecule is CCNC(=O)C(CC)N(Cc1ccccc1)C(=O)CN(c1ccc(OCc2ccccc2)cc1)S(C)(=O)=O. The molecule has 3 aromatic carbocycles. The third-order valence-electron chi connectivity index (χ3n) is 5.98. The van der Waals surface area contributed by atoms with E-state index < -0.39 is 28.5 Å². The summed E-state index contributed by atoms with van der Waals surface area (Å²) in [4.78, 5) is 27.9. The van der Waals surface area contributed by atoms with Gasteiger partial charge in [0.2, 0.25) is 21.8 Å². The number of carbonyl (C=O) groups excluding carboxylic acids is 2. The summed E-state index contributed by atoms with van der Waals surface area (Å²) in [6.07, 6.45) is 1.44. The monoisotopic (exact) mass is 537 g/mol. The number of anilines is 1. The molecule has 38 heavy (non-hydrogen) atoms. The minimum Gasteiger partial charge on any atom is -0.489 e. The van der Waals surface area contributed by atoms with Crippen LogP contribution in [0.1, 0.15) is 31.4 Å². The van der Waals surface area contributed by atoms with Crippen LogP contribution in [0.25, 0.3) is 0 Å². The molecule has 1 N–H and O–H groups in total. The van der Waals surface area contributed by atoms with Crippen molar-refractivity contribution in [3.05, 3.63) is 96.1 Å². The summed E-state index contributed by atoms with van der Waals surface area (Å²) in [6.45, 7) is 4.18. The van der Waals surface area contributed by atoms with Crippen LogP contribution in [-0.2, 0) is 32.8 Å². The minimum atomic E-state index is -3.81. The summed E-state index contributed by atoms with van der Waals surface area (Å²) in [5.41, 5.74) is 2.18. The van der Waals surface area contributed by atoms with E-state index in [1.54, 1.807) is 24.3 Å². The van der Waals surface area contributed by atoms with Crippen LogP contribution in [-0.4, -0.2) is 50.5 Å². The van der Waals surface area contributed by atoms with E-state index >= 15 is 0 Å². The van der Waals surface area contributed by atoms with Crippen LogP contribution in [0.2, 0.25) is 0 Å². The number of nitrogens with zero attached hydrogens (tertiary/aromatic N) is 2. The van der Waals surface area contributed by atoms with Gasteiger partial charge in [0.1, 0.15) is 24.9 Å². The van der Waals surface area contributed by atoms with Gasteiger partial charge in [-0.25, -0.2) is 8.42 Å². The maximum absolute atomic E-state index is 13.6. The van der Waals surface area contributed by atoms with Crippen LogP contribution < -0.4 is 14.4 Å². The van der Waals surface area contributed by atoms with Crippen LogP contribution in [0.4, 0.5) is 5.69 Å². The van der Waals surface area contributed by atoms with Gasteiger partial charge in [-0.3, -0.25) is 13.9 Å². The minimum absolute atomic E-state index is 0.180. The Morgan fingerprint density at radius 1 is 0.868 bits per heavy atom. The topological polar surface area (TPSA) is 96.0 Å². The van der Waals surface area contributed by atoms with Crippen molar-refractivity contribution in [1.82, 2.24) is 10.2 Å². The molecular weight excluding hydrogens is 502 g/mol. The summed E-state index contributed by atoms with van der Waals surface area (Å²) in [5.74, 6) is -0.169. The number of amides is 2. The fourth-order valence-corrected chi connectivity index (χ4v) is 4.90. The third-order valence-corrected chi connectivity index (χ3v) is 7.13. The Balaban J connectivity index is 1.82. The van der Waals surface area contributed by atoms with Crippen molar-refractivity contribution in [1.29, 1.82) is 0 Å². The number of hydrogen-bond acceptors (Lipinski definition) is 5. The fraction of sp³-hybridized carbons (Fsp3) is 0.310. The molecule has 0 aliphatic carbocycles. The highest BCUT2D eigenvalue weighted by Crippen LogP contribution is 2.23. The first-order valence-corrected chi connectivity index (χ1v) is 14.4. The average Bonchev–Trinajstić information content (AvgIpc) is 2.91. The van der Waals surface area contributed by atoms with E-state index in [2.05, 4.69) is 5.32 Å². The first-order valence-electron chi connectivity index (χ1n) is 12.6. The number of nitrogens with one attached hydrogen (secondary N) is 1. The number of sulfonamides is 1. The average molecular weight is 538 g/mol. The van der Waals surface area contributed by atoms with Crippen molar-refractivity contribution in [2.45, 2.75) is 39.5 Å². The Bertz CT molecular complexity index is 1280. The molecule has 202 valence electrons. The summed E-state index contributed by atoms with van der Waals surface area (Å²) in [6, 6.07) is 24.8. The molecule has 0 aliphatic heterocycles. The van der Waals surface area contributed by atoms with Gasteiger partial charge in [0, 0.05) is 13.1 Å². The molecule has 1 atom stereocenters. The zero-order valence-electron chi connectivity index (χ0n) is 22.0. The Morgan fingerprint density at radius 2 is 1.45 bits per heavy atom. The highest BCUT2D eigenvalue weighted by molar-refractivity contribution is 7.92. The number of benzene rings is 3. The molecule has 8 nitrogen and oxygen atoms in total. The van der Waals surface area contributed by atoms with Crippen molar-refractivity contribution in [3.8, 4) is 5.75 Å². The molecule has 0 fully saturated rings. The maximum atomic E-state index is 13.6. The third kappa shape index (κ3) is 8.08. The van der Waals surface area contributed by atoms with Gasteiger partial charge >= 0.3 is 0 Å². The molecule has 0 bridgehead atoms. The second-order valence-electron chi connectivity index (χ2n) is 8.86. The lowest BCUT2D eigenvalue weighted by atomic mass is 10.1. The van der Waals surface area contributed by atoms with Gasteiger partial charge < -0.3 is 15.0 Å². The van der Waals surface area contributed by atoms with Crippen LogP contribution >= 0.6 is 0 Å². The van der Waals surface area contributed by atoms with E-state index in [1.165, 1.54) is 4.90 Å². The predicted molar refractivity (Wildman–Crippen MR) is 149 cm³/mol. The Morgan fingerprint density at radius 3 is 1.97 bits per heavy atom. The van der Waals surface area contributed by atoms with Gasteiger partial charge in [0.15, 0.2) is 0 Å². The zero-order chi connectivity index (χ0) is 27.5. The summed E-state index contributed by atoms with van der Waals surface area (Å²) >= 11 is 0. The number of hydrogen-bond donors (Lipinski definition) is 1. The molecule has 0 spiro atoms. The first-order chi connectivity index (χ1) is 18.2. The second-order valence-corrected chi connectivity index (χ2v) is 10.8. The zero-order valence-corrected chi connectivity index (χ0v) is 22.9. The van der Waals surface area contributed by atoms with E-state index in [1.807, 2.05) is 74.5 Å². The van der Waals surface area contributed by atoms with Gasteiger partial charge in [-0.15, -0.1) is 0 Å². The van der Waals surface area contributed by atoms with Crippen molar-refractivity contribution in [2.24, 2.45) is 0 Å². The quantitative estimate of drug-likeness (QED) is 0.356. The lowest BCUT2D eigenvalue weighted by molar-refractivity contribution is -0.140. The lowest BCUT2D eigenvalue weighted by Crippen LogP contribution is -2.52. The van der Waals surface area contributed by atoms with Crippen LogP contribution in [0, 0.1) is 0 Å². The smallest absolute Gasteiger partial charge is 0.244 e. The van der Waals surface area contributed by atoms with Crippen molar-refractivity contribution >= 4 is 27.5 Å². The Kier molecular flexibility index (Phi) is 10.3. The first kappa shape index (κ1) is 28.7. The highest BCUT2D eigenvalue weighted by atomic mass is 32.2. The molecular formula is C29H35N3O5S. The van der Waals surface area contributed by atoms with Crippen LogP contribution in [0.5, 0.6) is 5.75 Å². The maximum Gasteiger partial charge on any atom is 0.244 e. The van der Waals surface area contributed by atoms with Gasteiger partial charge in [0.05, 0.1) is 11.9 Å². The number of ether oxygens (including phenoxy) is 1. The van der Waals surface area contributed by atoms with Crippen LogP contribution in [0.3, 0.4) is 0 Å². The molecule has 0 aromatic heterocycles. The highest BCUT2D eigenvalue weighted by Gasteiger charge is 2.31. The molecule has 3 aromatic rings. The molecule has 1 unspecified atom stereocenters. The molecule has 0 heterocycles. The Hall–Kier alpha value is -3.85. The van der Waals surface area contributed by atoms with Gasteiger partial charge in [-0.05, 0) is 48.7 Å². The largest absolute Gasteiger partial charge is 0.489 e. The number of likely N-dealkylation sites (N-methyl/N-ethyl adjacent to an activating group) is 1. The second kappa shape index (κ2) is 13.6. The van der Waals surface area contributed by atoms with Crippen molar-refractivity contribution in [3.63, 3.8) is 0 Å². The van der Waals surface area contributed by atoms with Gasteiger partial charge in [0.25, 0.3) is 0 Å². The number of rotatable bonds is 13. The molecule has 0 saturated carbocycles. The van der Waals surface area contributed by atoms with E-state index in [4.69, 9.17) is 4.74 Å².